The molecule has 1 saturated heterocycles. The zero-order valence-electron chi connectivity index (χ0n) is 18.4. The van der Waals surface area contributed by atoms with Crippen molar-refractivity contribution in [3.8, 4) is 17.0 Å². The minimum atomic E-state index is -0.357. The number of aromatic amines is 1. The Labute approximate surface area is 190 Å². The molecule has 0 radical (unpaired) electrons. The van der Waals surface area contributed by atoms with Crippen LogP contribution in [0.2, 0.25) is 0 Å². The summed E-state index contributed by atoms with van der Waals surface area (Å²) in [6, 6.07) is 11.2. The summed E-state index contributed by atoms with van der Waals surface area (Å²) in [5, 5.41) is 11.5. The van der Waals surface area contributed by atoms with Gasteiger partial charge in [-0.05, 0) is 42.4 Å². The van der Waals surface area contributed by atoms with Crippen molar-refractivity contribution in [3.05, 3.63) is 71.0 Å². The number of fused-ring (bicyclic) bond motifs is 1. The highest BCUT2D eigenvalue weighted by Gasteiger charge is 2.16. The van der Waals surface area contributed by atoms with E-state index in [0.717, 1.165) is 49.5 Å². The van der Waals surface area contributed by atoms with Crippen molar-refractivity contribution in [2.45, 2.75) is 6.92 Å². The molecule has 8 heteroatoms. The Hall–Kier alpha value is -3.91. The van der Waals surface area contributed by atoms with E-state index in [0.29, 0.717) is 22.2 Å². The van der Waals surface area contributed by atoms with Crippen LogP contribution in [-0.2, 0) is 0 Å². The van der Waals surface area contributed by atoms with Gasteiger partial charge in [-0.1, -0.05) is 13.0 Å². The van der Waals surface area contributed by atoms with Gasteiger partial charge >= 0.3 is 0 Å². The van der Waals surface area contributed by atoms with Crippen molar-refractivity contribution in [2.75, 3.05) is 37.6 Å². The summed E-state index contributed by atoms with van der Waals surface area (Å²) in [4.78, 5) is 28.5. The van der Waals surface area contributed by atoms with E-state index >= 15 is 0 Å². The van der Waals surface area contributed by atoms with Crippen LogP contribution in [0.25, 0.3) is 21.9 Å². The highest BCUT2D eigenvalue weighted by atomic mass is 16.3. The summed E-state index contributed by atoms with van der Waals surface area (Å²) in [5.41, 5.74) is 2.91. The van der Waals surface area contributed by atoms with E-state index in [1.807, 2.05) is 36.5 Å². The minimum absolute atomic E-state index is 0.231. The molecule has 0 spiro atoms. The third-order valence-electron chi connectivity index (χ3n) is 6.14. The molecule has 0 atom stereocenters. The predicted octanol–water partition coefficient (Wildman–Crippen LogP) is 3.78. The van der Waals surface area contributed by atoms with E-state index in [4.69, 9.17) is 4.42 Å². The van der Waals surface area contributed by atoms with Gasteiger partial charge < -0.3 is 19.3 Å². The quantitative estimate of drug-likeness (QED) is 0.456. The number of hydrogen-bond acceptors (Lipinski definition) is 7. The minimum Gasteiger partial charge on any atom is -0.494 e. The number of aromatic hydroxyl groups is 1. The summed E-state index contributed by atoms with van der Waals surface area (Å²) in [6.07, 6.45) is 6.59. The van der Waals surface area contributed by atoms with Gasteiger partial charge in [0.1, 0.15) is 0 Å². The highest BCUT2D eigenvalue weighted by molar-refractivity contribution is 6.03. The van der Waals surface area contributed by atoms with Crippen LogP contribution < -0.4 is 10.5 Å². The molecule has 0 aliphatic carbocycles. The smallest absolute Gasteiger partial charge is 0.258 e. The van der Waals surface area contributed by atoms with E-state index in [9.17, 15) is 9.90 Å². The van der Waals surface area contributed by atoms with Gasteiger partial charge in [0, 0.05) is 48.7 Å². The van der Waals surface area contributed by atoms with Gasteiger partial charge in [0.15, 0.2) is 5.82 Å². The number of anilines is 1. The zero-order valence-corrected chi connectivity index (χ0v) is 18.4. The molecule has 168 valence electrons. The van der Waals surface area contributed by atoms with Gasteiger partial charge in [0.05, 0.1) is 30.0 Å². The SMILES string of the molecule is CCN1CCN(c2ccc(N=Cc3c(O)[nH]c(=O)c4ccc(-c5ccoc5)cc34)nc2)CC1. The molecule has 1 aromatic carbocycles. The topological polar surface area (TPSA) is 98.0 Å². The number of piperazine rings is 1. The Bertz CT molecular complexity index is 1340. The molecule has 0 bridgehead atoms. The molecule has 0 amide bonds. The van der Waals surface area contributed by atoms with Crippen LogP contribution in [-0.4, -0.2) is 58.9 Å². The van der Waals surface area contributed by atoms with Crippen molar-refractivity contribution in [1.82, 2.24) is 14.9 Å². The fourth-order valence-electron chi connectivity index (χ4n) is 4.17. The van der Waals surface area contributed by atoms with E-state index in [1.165, 1.54) is 6.21 Å². The standard InChI is InChI=1S/C25H25N5O3/c1-2-29-8-10-30(11-9-29)19-4-6-23(26-14-19)27-15-22-21-13-17(18-7-12-33-16-18)3-5-20(21)24(31)28-25(22)32/h3-7,12-16H,2,8-11H2,1H3,(H2,28,31,32). The van der Waals surface area contributed by atoms with Gasteiger partial charge in [0.25, 0.3) is 5.56 Å². The lowest BCUT2D eigenvalue weighted by molar-refractivity contribution is 0.271. The number of H-pyrrole nitrogens is 1. The maximum absolute atomic E-state index is 12.4. The van der Waals surface area contributed by atoms with Crippen LogP contribution in [0.3, 0.4) is 0 Å². The Kier molecular flexibility index (Phi) is 5.66. The number of benzene rings is 1. The first kappa shape index (κ1) is 21.0. The van der Waals surface area contributed by atoms with Crippen LogP contribution in [0, 0.1) is 0 Å². The lowest BCUT2D eigenvalue weighted by Gasteiger charge is -2.35. The Balaban J connectivity index is 1.43. The monoisotopic (exact) mass is 443 g/mol. The molecule has 0 saturated carbocycles. The Morgan fingerprint density at radius 1 is 1.12 bits per heavy atom. The Morgan fingerprint density at radius 3 is 2.67 bits per heavy atom. The average Bonchev–Trinajstić information content (AvgIpc) is 3.39. The molecule has 4 heterocycles. The molecule has 4 aromatic rings. The van der Waals surface area contributed by atoms with Crippen LogP contribution in [0.5, 0.6) is 5.88 Å². The summed E-state index contributed by atoms with van der Waals surface area (Å²) >= 11 is 0. The molecule has 1 aliphatic rings. The van der Waals surface area contributed by atoms with Gasteiger partial charge in [-0.25, -0.2) is 9.98 Å². The van der Waals surface area contributed by atoms with Crippen LogP contribution in [0.15, 0.2) is 69.3 Å². The normalized spacial score (nSPS) is 15.0. The molecule has 0 unspecified atom stereocenters. The number of aromatic nitrogens is 2. The number of pyridine rings is 2. The number of aliphatic imine (C=N–C) groups is 1. The first-order valence-corrected chi connectivity index (χ1v) is 11.0. The summed E-state index contributed by atoms with van der Waals surface area (Å²) in [5.74, 6) is 0.293. The van der Waals surface area contributed by atoms with Crippen molar-refractivity contribution in [3.63, 3.8) is 0 Å². The second-order valence-electron chi connectivity index (χ2n) is 8.04. The summed E-state index contributed by atoms with van der Waals surface area (Å²) in [7, 11) is 0. The summed E-state index contributed by atoms with van der Waals surface area (Å²) in [6.45, 7) is 7.33. The van der Waals surface area contributed by atoms with Crippen molar-refractivity contribution in [1.29, 1.82) is 0 Å². The molecule has 8 nitrogen and oxygen atoms in total. The van der Waals surface area contributed by atoms with Crippen LogP contribution in [0.4, 0.5) is 11.5 Å². The molecule has 1 fully saturated rings. The number of hydrogen-bond donors (Lipinski definition) is 2. The largest absolute Gasteiger partial charge is 0.494 e. The second-order valence-corrected chi connectivity index (χ2v) is 8.04. The van der Waals surface area contributed by atoms with Gasteiger partial charge in [-0.3, -0.25) is 9.78 Å². The maximum atomic E-state index is 12.4. The lowest BCUT2D eigenvalue weighted by atomic mass is 10.0. The van der Waals surface area contributed by atoms with E-state index in [1.54, 1.807) is 18.6 Å². The van der Waals surface area contributed by atoms with E-state index in [2.05, 4.69) is 31.7 Å². The maximum Gasteiger partial charge on any atom is 0.258 e. The second kappa shape index (κ2) is 8.91. The number of furan rings is 1. The molecule has 33 heavy (non-hydrogen) atoms. The van der Waals surface area contributed by atoms with Gasteiger partial charge in [-0.2, -0.15) is 0 Å². The predicted molar refractivity (Wildman–Crippen MR) is 130 cm³/mol. The van der Waals surface area contributed by atoms with Crippen molar-refractivity contribution in [2.24, 2.45) is 4.99 Å². The Morgan fingerprint density at radius 2 is 1.97 bits per heavy atom. The number of likely N-dealkylation sites (N-methyl/N-ethyl adjacent to an activating group) is 1. The first-order valence-electron chi connectivity index (χ1n) is 11.0. The lowest BCUT2D eigenvalue weighted by Crippen LogP contribution is -2.46. The third-order valence-corrected chi connectivity index (χ3v) is 6.14. The number of rotatable bonds is 5. The molecule has 5 rings (SSSR count). The average molecular weight is 444 g/mol. The van der Waals surface area contributed by atoms with Crippen molar-refractivity contribution >= 4 is 28.5 Å². The van der Waals surface area contributed by atoms with Crippen LogP contribution in [0.1, 0.15) is 12.5 Å². The molecular weight excluding hydrogens is 418 g/mol. The van der Waals surface area contributed by atoms with E-state index < -0.39 is 0 Å². The number of nitrogens with one attached hydrogen (secondary N) is 1. The van der Waals surface area contributed by atoms with Crippen molar-refractivity contribution < 1.29 is 9.52 Å². The zero-order chi connectivity index (χ0) is 22.8. The first-order chi connectivity index (χ1) is 16.1. The van der Waals surface area contributed by atoms with Crippen LogP contribution >= 0.6 is 0 Å². The number of nitrogens with zero attached hydrogens (tertiary/aromatic N) is 4. The van der Waals surface area contributed by atoms with Gasteiger partial charge in [0.2, 0.25) is 5.88 Å². The molecule has 1 aliphatic heterocycles. The molecule has 3 aromatic heterocycles. The summed E-state index contributed by atoms with van der Waals surface area (Å²) < 4.78 is 5.17. The third kappa shape index (κ3) is 4.25. The van der Waals surface area contributed by atoms with Gasteiger partial charge in [-0.15, -0.1) is 0 Å². The van der Waals surface area contributed by atoms with E-state index in [-0.39, 0.29) is 11.4 Å². The fraction of sp³-hybridized carbons (Fsp3) is 0.240. The fourth-order valence-corrected chi connectivity index (χ4v) is 4.17. The molecule has 2 N–H and O–H groups in total. The molecular formula is C25H25N5O3. The highest BCUT2D eigenvalue weighted by Crippen LogP contribution is 2.28.